The van der Waals surface area contributed by atoms with Crippen LogP contribution in [0.1, 0.15) is 5.56 Å². The van der Waals surface area contributed by atoms with Crippen molar-refractivity contribution in [2.24, 2.45) is 0 Å². The highest BCUT2D eigenvalue weighted by Gasteiger charge is 2.30. The summed E-state index contributed by atoms with van der Waals surface area (Å²) in [5.41, 5.74) is 0.595. The van der Waals surface area contributed by atoms with E-state index >= 15 is 0 Å². The third-order valence-corrected chi connectivity index (χ3v) is 4.90. The largest absolute Gasteiger partial charge is 0.416 e. The zero-order chi connectivity index (χ0) is 20.3. The van der Waals surface area contributed by atoms with Crippen molar-refractivity contribution < 1.29 is 17.9 Å². The molecule has 1 aliphatic heterocycles. The Hall–Kier alpha value is -2.71. The number of hydrogen-bond acceptors (Lipinski definition) is 5. The molecule has 0 spiro atoms. The third kappa shape index (κ3) is 4.65. The molecular formula is C21H21F3N4O. The van der Waals surface area contributed by atoms with Crippen molar-refractivity contribution in [3.8, 4) is 11.4 Å². The van der Waals surface area contributed by atoms with E-state index in [1.165, 1.54) is 12.1 Å². The van der Waals surface area contributed by atoms with Crippen LogP contribution in [0.25, 0.3) is 22.3 Å². The summed E-state index contributed by atoms with van der Waals surface area (Å²) in [6.45, 7) is 4.86. The van der Waals surface area contributed by atoms with Gasteiger partial charge in [0.05, 0.1) is 24.3 Å². The second-order valence-corrected chi connectivity index (χ2v) is 6.87. The molecule has 0 radical (unpaired) electrons. The monoisotopic (exact) mass is 402 g/mol. The molecule has 2 aromatic carbocycles. The SMILES string of the molecule is FC(F)(F)c1ccc(-c2nc(NCCN3CCOCC3)c3ccccc3n2)cc1. The Morgan fingerprint density at radius 2 is 1.69 bits per heavy atom. The molecule has 0 bridgehead atoms. The molecule has 152 valence electrons. The summed E-state index contributed by atoms with van der Waals surface area (Å²) in [6, 6.07) is 12.5. The lowest BCUT2D eigenvalue weighted by Crippen LogP contribution is -2.39. The number of hydrogen-bond donors (Lipinski definition) is 1. The number of halogens is 3. The molecule has 1 aromatic heterocycles. The fourth-order valence-electron chi connectivity index (χ4n) is 3.31. The highest BCUT2D eigenvalue weighted by Crippen LogP contribution is 2.31. The zero-order valence-electron chi connectivity index (χ0n) is 15.7. The Labute approximate surface area is 166 Å². The van der Waals surface area contributed by atoms with Crippen LogP contribution in [0.5, 0.6) is 0 Å². The van der Waals surface area contributed by atoms with Gasteiger partial charge in [0, 0.05) is 37.1 Å². The molecule has 2 heterocycles. The minimum atomic E-state index is -4.37. The van der Waals surface area contributed by atoms with E-state index in [1.807, 2.05) is 24.3 Å². The Morgan fingerprint density at radius 3 is 2.41 bits per heavy atom. The molecule has 3 aromatic rings. The average Bonchev–Trinajstić information content (AvgIpc) is 2.74. The van der Waals surface area contributed by atoms with Crippen LogP contribution in [0.3, 0.4) is 0 Å². The highest BCUT2D eigenvalue weighted by molar-refractivity contribution is 5.90. The maximum absolute atomic E-state index is 12.8. The van der Waals surface area contributed by atoms with Crippen molar-refractivity contribution in [3.05, 3.63) is 54.1 Å². The van der Waals surface area contributed by atoms with Gasteiger partial charge in [0.15, 0.2) is 5.82 Å². The first-order valence-corrected chi connectivity index (χ1v) is 9.49. The highest BCUT2D eigenvalue weighted by atomic mass is 19.4. The second kappa shape index (κ2) is 8.34. The number of rotatable bonds is 5. The molecule has 8 heteroatoms. The molecule has 0 aliphatic carbocycles. The van der Waals surface area contributed by atoms with Crippen LogP contribution in [-0.2, 0) is 10.9 Å². The maximum Gasteiger partial charge on any atom is 0.416 e. The van der Waals surface area contributed by atoms with Gasteiger partial charge < -0.3 is 10.1 Å². The van der Waals surface area contributed by atoms with Crippen molar-refractivity contribution >= 4 is 16.7 Å². The van der Waals surface area contributed by atoms with Crippen molar-refractivity contribution in [1.82, 2.24) is 14.9 Å². The first kappa shape index (κ1) is 19.6. The van der Waals surface area contributed by atoms with E-state index in [1.54, 1.807) is 0 Å². The number of benzene rings is 2. The van der Waals surface area contributed by atoms with Gasteiger partial charge in [-0.25, -0.2) is 9.97 Å². The number of alkyl halides is 3. The van der Waals surface area contributed by atoms with Crippen molar-refractivity contribution in [2.45, 2.75) is 6.18 Å². The van der Waals surface area contributed by atoms with Gasteiger partial charge >= 0.3 is 6.18 Å². The van der Waals surface area contributed by atoms with Gasteiger partial charge in [-0.05, 0) is 24.3 Å². The van der Waals surface area contributed by atoms with Crippen LogP contribution in [0.4, 0.5) is 19.0 Å². The first-order chi connectivity index (χ1) is 14.0. The summed E-state index contributed by atoms with van der Waals surface area (Å²) in [5, 5.41) is 4.25. The number of anilines is 1. The quantitative estimate of drug-likeness (QED) is 0.698. The number of nitrogens with zero attached hydrogens (tertiary/aromatic N) is 3. The number of nitrogens with one attached hydrogen (secondary N) is 1. The van der Waals surface area contributed by atoms with Crippen LogP contribution < -0.4 is 5.32 Å². The fourth-order valence-corrected chi connectivity index (χ4v) is 3.31. The zero-order valence-corrected chi connectivity index (χ0v) is 15.7. The molecule has 0 atom stereocenters. The smallest absolute Gasteiger partial charge is 0.379 e. The van der Waals surface area contributed by atoms with Gasteiger partial charge in [-0.2, -0.15) is 13.2 Å². The lowest BCUT2D eigenvalue weighted by Gasteiger charge is -2.26. The molecule has 1 N–H and O–H groups in total. The molecule has 0 unspecified atom stereocenters. The third-order valence-electron chi connectivity index (χ3n) is 4.90. The van der Waals surface area contributed by atoms with Gasteiger partial charge in [0.2, 0.25) is 0 Å². The van der Waals surface area contributed by atoms with Crippen LogP contribution in [0.15, 0.2) is 48.5 Å². The van der Waals surface area contributed by atoms with Gasteiger partial charge in [-0.1, -0.05) is 24.3 Å². The summed E-state index contributed by atoms with van der Waals surface area (Å²) < 4.78 is 43.9. The number of aromatic nitrogens is 2. The number of morpholine rings is 1. The van der Waals surface area contributed by atoms with Gasteiger partial charge in [-0.15, -0.1) is 0 Å². The van der Waals surface area contributed by atoms with Gasteiger partial charge in [-0.3, -0.25) is 4.90 Å². The van der Waals surface area contributed by atoms with E-state index in [0.29, 0.717) is 23.8 Å². The van der Waals surface area contributed by atoms with Crippen LogP contribution in [-0.4, -0.2) is 54.3 Å². The topological polar surface area (TPSA) is 50.3 Å². The minimum absolute atomic E-state index is 0.395. The van der Waals surface area contributed by atoms with E-state index in [0.717, 1.165) is 55.9 Å². The predicted molar refractivity (Wildman–Crippen MR) is 106 cm³/mol. The normalized spacial score (nSPS) is 15.6. The maximum atomic E-state index is 12.8. The lowest BCUT2D eigenvalue weighted by molar-refractivity contribution is -0.137. The summed E-state index contributed by atoms with van der Waals surface area (Å²) >= 11 is 0. The van der Waals surface area contributed by atoms with Crippen LogP contribution >= 0.6 is 0 Å². The molecule has 1 fully saturated rings. The number of para-hydroxylation sites is 1. The molecule has 4 rings (SSSR count). The molecule has 1 aliphatic rings. The van der Waals surface area contributed by atoms with Crippen LogP contribution in [0, 0.1) is 0 Å². The average molecular weight is 402 g/mol. The van der Waals surface area contributed by atoms with E-state index in [9.17, 15) is 13.2 Å². The standard InChI is InChI=1S/C21H21F3N4O/c22-21(23,24)16-7-5-15(6-8-16)19-26-18-4-2-1-3-17(18)20(27-19)25-9-10-28-11-13-29-14-12-28/h1-8H,9-14H2,(H,25,26,27). The fraction of sp³-hybridized carbons (Fsp3) is 0.333. The van der Waals surface area contributed by atoms with Crippen molar-refractivity contribution in [2.75, 3.05) is 44.7 Å². The summed E-state index contributed by atoms with van der Waals surface area (Å²) in [7, 11) is 0. The van der Waals surface area contributed by atoms with E-state index in [2.05, 4.69) is 20.2 Å². The Kier molecular flexibility index (Phi) is 5.64. The van der Waals surface area contributed by atoms with E-state index in [-0.39, 0.29) is 0 Å². The minimum Gasteiger partial charge on any atom is -0.379 e. The van der Waals surface area contributed by atoms with Crippen LogP contribution in [0.2, 0.25) is 0 Å². The molecule has 0 amide bonds. The molecule has 5 nitrogen and oxygen atoms in total. The Balaban J connectivity index is 1.58. The first-order valence-electron chi connectivity index (χ1n) is 9.49. The van der Waals surface area contributed by atoms with Crippen molar-refractivity contribution in [3.63, 3.8) is 0 Å². The summed E-state index contributed by atoms with van der Waals surface area (Å²) in [5.74, 6) is 1.07. The molecule has 0 saturated carbocycles. The molecular weight excluding hydrogens is 381 g/mol. The summed E-state index contributed by atoms with van der Waals surface area (Å²) in [4.78, 5) is 11.5. The number of ether oxygens (including phenoxy) is 1. The second-order valence-electron chi connectivity index (χ2n) is 6.87. The van der Waals surface area contributed by atoms with Crippen molar-refractivity contribution in [1.29, 1.82) is 0 Å². The molecule has 1 saturated heterocycles. The predicted octanol–water partition coefficient (Wildman–Crippen LogP) is 4.06. The lowest BCUT2D eigenvalue weighted by atomic mass is 10.1. The van der Waals surface area contributed by atoms with E-state index < -0.39 is 11.7 Å². The van der Waals surface area contributed by atoms with Gasteiger partial charge in [0.25, 0.3) is 0 Å². The van der Waals surface area contributed by atoms with E-state index in [4.69, 9.17) is 4.74 Å². The number of fused-ring (bicyclic) bond motifs is 1. The Morgan fingerprint density at radius 1 is 0.966 bits per heavy atom. The van der Waals surface area contributed by atoms with Gasteiger partial charge in [0.1, 0.15) is 5.82 Å². The Bertz CT molecular complexity index is 970. The molecule has 29 heavy (non-hydrogen) atoms. The summed E-state index contributed by atoms with van der Waals surface area (Å²) in [6.07, 6.45) is -4.37.